The zero-order valence-electron chi connectivity index (χ0n) is 8.24. The van der Waals surface area contributed by atoms with E-state index >= 15 is 0 Å². The van der Waals surface area contributed by atoms with Crippen LogP contribution < -0.4 is 11.5 Å². The van der Waals surface area contributed by atoms with Crippen molar-refractivity contribution in [2.45, 2.75) is 31.7 Å². The van der Waals surface area contributed by atoms with Gasteiger partial charge in [-0.25, -0.2) is 0 Å². The second-order valence-corrected chi connectivity index (χ2v) is 3.63. The minimum absolute atomic E-state index is 0.000694. The molecule has 0 bridgehead atoms. The first-order chi connectivity index (χ1) is 6.65. The van der Waals surface area contributed by atoms with Crippen LogP contribution in [0.15, 0.2) is 0 Å². The average molecular weight is 199 g/mol. The van der Waals surface area contributed by atoms with Gasteiger partial charge in [0.1, 0.15) is 0 Å². The van der Waals surface area contributed by atoms with Crippen LogP contribution in [-0.2, 0) is 9.59 Å². The molecule has 0 radical (unpaired) electrons. The molecule has 1 aliphatic carbocycles. The number of nitrogens with two attached hydrogens (primary N) is 2. The van der Waals surface area contributed by atoms with Crippen LogP contribution in [0.25, 0.3) is 0 Å². The predicted molar refractivity (Wildman–Crippen MR) is 52.2 cm³/mol. The predicted octanol–water partition coefficient (Wildman–Crippen LogP) is -0.798. The van der Waals surface area contributed by atoms with E-state index in [-0.39, 0.29) is 25.0 Å². The monoisotopic (exact) mass is 199 g/mol. The lowest BCUT2D eigenvalue weighted by atomic mass is 10.2. The van der Waals surface area contributed by atoms with E-state index in [1.165, 1.54) is 4.90 Å². The molecule has 0 heterocycles. The van der Waals surface area contributed by atoms with Crippen LogP contribution in [0.2, 0.25) is 0 Å². The summed E-state index contributed by atoms with van der Waals surface area (Å²) in [5, 5.41) is 0. The Labute approximate surface area is 83.4 Å². The Bertz CT molecular complexity index is 224. The third kappa shape index (κ3) is 2.70. The quantitative estimate of drug-likeness (QED) is 0.621. The van der Waals surface area contributed by atoms with Gasteiger partial charge in [-0.3, -0.25) is 9.59 Å². The number of nitrogens with zero attached hydrogens (tertiary/aromatic N) is 1. The highest BCUT2D eigenvalue weighted by molar-refractivity contribution is 5.85. The van der Waals surface area contributed by atoms with Gasteiger partial charge in [0.25, 0.3) is 0 Å². The summed E-state index contributed by atoms with van der Waals surface area (Å²) in [5.41, 5.74) is 10.4. The molecule has 0 atom stereocenters. The van der Waals surface area contributed by atoms with Crippen molar-refractivity contribution in [1.82, 2.24) is 4.90 Å². The van der Waals surface area contributed by atoms with Crippen molar-refractivity contribution in [3.63, 3.8) is 0 Å². The standard InChI is InChI=1S/C9H17N3O2/c10-5-9(14)12(6-8(11)13)7-3-1-2-4-7/h7H,1-6,10H2,(H2,11,13). The second-order valence-electron chi connectivity index (χ2n) is 3.63. The Hall–Kier alpha value is -1.10. The zero-order valence-corrected chi connectivity index (χ0v) is 8.24. The van der Waals surface area contributed by atoms with Crippen molar-refractivity contribution < 1.29 is 9.59 Å². The van der Waals surface area contributed by atoms with Gasteiger partial charge < -0.3 is 16.4 Å². The molecule has 5 nitrogen and oxygen atoms in total. The van der Waals surface area contributed by atoms with Gasteiger partial charge in [0.15, 0.2) is 0 Å². The molecule has 0 saturated heterocycles. The molecule has 0 aromatic carbocycles. The van der Waals surface area contributed by atoms with Crippen LogP contribution >= 0.6 is 0 Å². The Morgan fingerprint density at radius 1 is 1.29 bits per heavy atom. The van der Waals surface area contributed by atoms with E-state index < -0.39 is 5.91 Å². The van der Waals surface area contributed by atoms with Crippen molar-refractivity contribution in [1.29, 1.82) is 0 Å². The normalized spacial score (nSPS) is 16.9. The highest BCUT2D eigenvalue weighted by Gasteiger charge is 2.26. The first-order valence-corrected chi connectivity index (χ1v) is 4.93. The maximum absolute atomic E-state index is 11.4. The fourth-order valence-electron chi connectivity index (χ4n) is 1.92. The Kier molecular flexibility index (Phi) is 3.88. The number of hydrogen-bond acceptors (Lipinski definition) is 3. The Morgan fingerprint density at radius 3 is 2.29 bits per heavy atom. The average Bonchev–Trinajstić information content (AvgIpc) is 2.65. The summed E-state index contributed by atoms with van der Waals surface area (Å²) in [4.78, 5) is 23.7. The van der Waals surface area contributed by atoms with Gasteiger partial charge in [0.05, 0.1) is 13.1 Å². The molecular weight excluding hydrogens is 182 g/mol. The van der Waals surface area contributed by atoms with Gasteiger partial charge >= 0.3 is 0 Å². The number of rotatable bonds is 4. The van der Waals surface area contributed by atoms with E-state index in [0.717, 1.165) is 25.7 Å². The van der Waals surface area contributed by atoms with Crippen molar-refractivity contribution in [2.75, 3.05) is 13.1 Å². The topological polar surface area (TPSA) is 89.4 Å². The molecule has 0 aromatic heterocycles. The maximum atomic E-state index is 11.4. The van der Waals surface area contributed by atoms with Crippen LogP contribution in [-0.4, -0.2) is 35.8 Å². The molecule has 2 amide bonds. The molecule has 1 saturated carbocycles. The molecule has 4 N–H and O–H groups in total. The number of amides is 2. The van der Waals surface area contributed by atoms with E-state index in [9.17, 15) is 9.59 Å². The first-order valence-electron chi connectivity index (χ1n) is 4.93. The fraction of sp³-hybridized carbons (Fsp3) is 0.778. The lowest BCUT2D eigenvalue weighted by molar-refractivity contribution is -0.136. The smallest absolute Gasteiger partial charge is 0.237 e. The summed E-state index contributed by atoms with van der Waals surface area (Å²) in [6.45, 7) is -0.0511. The molecule has 80 valence electrons. The number of carbonyl (C=O) groups is 2. The van der Waals surface area contributed by atoms with Gasteiger partial charge in [-0.2, -0.15) is 0 Å². The van der Waals surface area contributed by atoms with Crippen molar-refractivity contribution >= 4 is 11.8 Å². The lowest BCUT2D eigenvalue weighted by Gasteiger charge is -2.27. The van der Waals surface area contributed by atoms with Crippen LogP contribution in [0.3, 0.4) is 0 Å². The minimum Gasteiger partial charge on any atom is -0.368 e. The maximum Gasteiger partial charge on any atom is 0.237 e. The van der Waals surface area contributed by atoms with Crippen molar-refractivity contribution in [2.24, 2.45) is 11.5 Å². The SMILES string of the molecule is NCC(=O)N(CC(N)=O)C1CCCC1. The van der Waals surface area contributed by atoms with Gasteiger partial charge in [-0.1, -0.05) is 12.8 Å². The van der Waals surface area contributed by atoms with E-state index in [1.807, 2.05) is 0 Å². The summed E-state index contributed by atoms with van der Waals surface area (Å²) in [6, 6.07) is 0.165. The molecule has 1 fully saturated rings. The molecule has 0 aromatic rings. The molecule has 14 heavy (non-hydrogen) atoms. The number of primary amides is 1. The molecule has 1 aliphatic rings. The van der Waals surface area contributed by atoms with Crippen LogP contribution in [0.5, 0.6) is 0 Å². The number of hydrogen-bond donors (Lipinski definition) is 2. The Balaban J connectivity index is 2.59. The zero-order chi connectivity index (χ0) is 10.6. The summed E-state index contributed by atoms with van der Waals surface area (Å²) < 4.78 is 0. The minimum atomic E-state index is -0.473. The van der Waals surface area contributed by atoms with E-state index in [1.54, 1.807) is 0 Å². The first kappa shape index (κ1) is 11.0. The van der Waals surface area contributed by atoms with Crippen LogP contribution in [0, 0.1) is 0 Å². The van der Waals surface area contributed by atoms with Crippen molar-refractivity contribution in [3.8, 4) is 0 Å². The van der Waals surface area contributed by atoms with Crippen LogP contribution in [0.1, 0.15) is 25.7 Å². The van der Waals surface area contributed by atoms with E-state index in [0.29, 0.717) is 0 Å². The van der Waals surface area contributed by atoms with E-state index in [4.69, 9.17) is 11.5 Å². The lowest BCUT2D eigenvalue weighted by Crippen LogP contribution is -2.46. The van der Waals surface area contributed by atoms with Crippen LogP contribution in [0.4, 0.5) is 0 Å². The summed E-state index contributed by atoms with van der Waals surface area (Å²) in [6.07, 6.45) is 4.13. The van der Waals surface area contributed by atoms with E-state index in [2.05, 4.69) is 0 Å². The number of carbonyl (C=O) groups excluding carboxylic acids is 2. The summed E-state index contributed by atoms with van der Waals surface area (Å²) >= 11 is 0. The Morgan fingerprint density at radius 2 is 1.86 bits per heavy atom. The molecule has 0 aliphatic heterocycles. The molecule has 0 spiro atoms. The van der Waals surface area contributed by atoms with Gasteiger partial charge in [-0.15, -0.1) is 0 Å². The molecule has 1 rings (SSSR count). The third-order valence-electron chi connectivity index (χ3n) is 2.59. The summed E-state index contributed by atoms with van der Waals surface area (Å²) in [7, 11) is 0. The fourth-order valence-corrected chi connectivity index (χ4v) is 1.92. The molecule has 0 unspecified atom stereocenters. The third-order valence-corrected chi connectivity index (χ3v) is 2.59. The molecule has 5 heteroatoms. The highest BCUT2D eigenvalue weighted by atomic mass is 16.2. The molecular formula is C9H17N3O2. The largest absolute Gasteiger partial charge is 0.368 e. The summed E-state index contributed by atoms with van der Waals surface area (Å²) in [5.74, 6) is -0.658. The van der Waals surface area contributed by atoms with Crippen molar-refractivity contribution in [3.05, 3.63) is 0 Å². The van der Waals surface area contributed by atoms with Gasteiger partial charge in [0.2, 0.25) is 11.8 Å². The highest BCUT2D eigenvalue weighted by Crippen LogP contribution is 2.23. The van der Waals surface area contributed by atoms with Gasteiger partial charge in [0, 0.05) is 6.04 Å². The second kappa shape index (κ2) is 4.95. The van der Waals surface area contributed by atoms with Gasteiger partial charge in [-0.05, 0) is 12.8 Å².